The quantitative estimate of drug-likeness (QED) is 0.498. The minimum Gasteiger partial charge on any atom is -0.171 e. The SMILES string of the molecule is CC1=CCC(C)C(C(F)(F)F)C1. The van der Waals surface area contributed by atoms with Crippen LogP contribution < -0.4 is 0 Å². The van der Waals surface area contributed by atoms with E-state index in [1.807, 2.05) is 6.08 Å². The molecular formula is C9H13F3. The van der Waals surface area contributed by atoms with E-state index >= 15 is 0 Å². The fourth-order valence-electron chi connectivity index (χ4n) is 1.62. The highest BCUT2D eigenvalue weighted by atomic mass is 19.4. The molecule has 0 saturated heterocycles. The molecule has 2 atom stereocenters. The summed E-state index contributed by atoms with van der Waals surface area (Å²) >= 11 is 0. The van der Waals surface area contributed by atoms with E-state index in [-0.39, 0.29) is 12.3 Å². The van der Waals surface area contributed by atoms with Crippen LogP contribution in [0.25, 0.3) is 0 Å². The average molecular weight is 178 g/mol. The van der Waals surface area contributed by atoms with E-state index in [1.165, 1.54) is 0 Å². The van der Waals surface area contributed by atoms with Gasteiger partial charge in [-0.3, -0.25) is 0 Å². The van der Waals surface area contributed by atoms with Gasteiger partial charge in [-0.1, -0.05) is 18.6 Å². The first-order valence-corrected chi connectivity index (χ1v) is 4.13. The summed E-state index contributed by atoms with van der Waals surface area (Å²) in [6.07, 6.45) is -1.36. The molecule has 0 nitrogen and oxygen atoms in total. The van der Waals surface area contributed by atoms with Crippen LogP contribution in [-0.4, -0.2) is 6.18 Å². The Hall–Kier alpha value is -0.470. The lowest BCUT2D eigenvalue weighted by molar-refractivity contribution is -0.187. The molecule has 0 spiro atoms. The zero-order valence-corrected chi connectivity index (χ0v) is 7.28. The van der Waals surface area contributed by atoms with Crippen LogP contribution in [0.15, 0.2) is 11.6 Å². The summed E-state index contributed by atoms with van der Waals surface area (Å²) in [6, 6.07) is 0. The van der Waals surface area contributed by atoms with Crippen LogP contribution in [0, 0.1) is 11.8 Å². The summed E-state index contributed by atoms with van der Waals surface area (Å²) in [5, 5.41) is 0. The molecule has 0 aliphatic heterocycles. The van der Waals surface area contributed by atoms with Crippen LogP contribution in [0.5, 0.6) is 0 Å². The maximum absolute atomic E-state index is 12.3. The van der Waals surface area contributed by atoms with Gasteiger partial charge in [0.15, 0.2) is 0 Å². The number of rotatable bonds is 0. The Morgan fingerprint density at radius 3 is 2.42 bits per heavy atom. The van der Waals surface area contributed by atoms with Crippen LogP contribution in [-0.2, 0) is 0 Å². The Balaban J connectivity index is 2.72. The van der Waals surface area contributed by atoms with Crippen molar-refractivity contribution < 1.29 is 13.2 Å². The van der Waals surface area contributed by atoms with Crippen LogP contribution in [0.1, 0.15) is 26.7 Å². The monoisotopic (exact) mass is 178 g/mol. The second kappa shape index (κ2) is 3.11. The summed E-state index contributed by atoms with van der Waals surface area (Å²) in [6.45, 7) is 3.44. The molecule has 0 aromatic carbocycles. The van der Waals surface area contributed by atoms with Gasteiger partial charge in [0.2, 0.25) is 0 Å². The van der Waals surface area contributed by atoms with Crippen molar-refractivity contribution in [2.75, 3.05) is 0 Å². The summed E-state index contributed by atoms with van der Waals surface area (Å²) < 4.78 is 37.0. The van der Waals surface area contributed by atoms with E-state index in [1.54, 1.807) is 13.8 Å². The van der Waals surface area contributed by atoms with E-state index < -0.39 is 12.1 Å². The molecule has 2 unspecified atom stereocenters. The molecule has 0 radical (unpaired) electrons. The molecule has 0 bridgehead atoms. The van der Waals surface area contributed by atoms with Crippen molar-refractivity contribution in [2.45, 2.75) is 32.9 Å². The summed E-state index contributed by atoms with van der Waals surface area (Å²) in [5.74, 6) is -1.38. The lowest BCUT2D eigenvalue weighted by atomic mass is 9.81. The van der Waals surface area contributed by atoms with Gasteiger partial charge >= 0.3 is 6.18 Å². The lowest BCUT2D eigenvalue weighted by Gasteiger charge is -2.29. The van der Waals surface area contributed by atoms with Crippen molar-refractivity contribution in [3.05, 3.63) is 11.6 Å². The Labute approximate surface area is 70.5 Å². The lowest BCUT2D eigenvalue weighted by Crippen LogP contribution is -2.30. The second-order valence-electron chi connectivity index (χ2n) is 3.62. The molecule has 0 heterocycles. The first-order chi connectivity index (χ1) is 5.41. The molecule has 1 aliphatic rings. The van der Waals surface area contributed by atoms with Gasteiger partial charge in [0.1, 0.15) is 0 Å². The van der Waals surface area contributed by atoms with E-state index in [4.69, 9.17) is 0 Å². The zero-order chi connectivity index (χ0) is 9.35. The molecule has 70 valence electrons. The van der Waals surface area contributed by atoms with Crippen molar-refractivity contribution in [1.82, 2.24) is 0 Å². The van der Waals surface area contributed by atoms with Crippen molar-refractivity contribution >= 4 is 0 Å². The molecule has 0 fully saturated rings. The fraction of sp³-hybridized carbons (Fsp3) is 0.778. The zero-order valence-electron chi connectivity index (χ0n) is 7.28. The molecule has 12 heavy (non-hydrogen) atoms. The largest absolute Gasteiger partial charge is 0.392 e. The Bertz CT molecular complexity index is 190. The Kier molecular flexibility index (Phi) is 2.49. The molecule has 0 amide bonds. The molecule has 3 heteroatoms. The smallest absolute Gasteiger partial charge is 0.171 e. The molecule has 1 aliphatic carbocycles. The van der Waals surface area contributed by atoms with Gasteiger partial charge in [-0.2, -0.15) is 13.2 Å². The summed E-state index contributed by atoms with van der Waals surface area (Å²) in [4.78, 5) is 0. The highest BCUT2D eigenvalue weighted by Crippen LogP contribution is 2.40. The van der Waals surface area contributed by atoms with Gasteiger partial charge in [-0.15, -0.1) is 0 Å². The molecule has 0 N–H and O–H groups in total. The Morgan fingerprint density at radius 2 is 2.00 bits per heavy atom. The molecule has 0 aromatic heterocycles. The van der Waals surface area contributed by atoms with Crippen molar-refractivity contribution in [2.24, 2.45) is 11.8 Å². The first-order valence-electron chi connectivity index (χ1n) is 4.13. The number of allylic oxidation sites excluding steroid dienone is 2. The molecule has 0 aromatic rings. The summed E-state index contributed by atoms with van der Waals surface area (Å²) in [7, 11) is 0. The van der Waals surface area contributed by atoms with Crippen LogP contribution in [0.3, 0.4) is 0 Å². The average Bonchev–Trinajstić information content (AvgIpc) is 1.92. The van der Waals surface area contributed by atoms with Gasteiger partial charge in [0.25, 0.3) is 0 Å². The van der Waals surface area contributed by atoms with E-state index in [0.717, 1.165) is 5.57 Å². The van der Waals surface area contributed by atoms with Gasteiger partial charge in [0, 0.05) is 0 Å². The topological polar surface area (TPSA) is 0 Å². The van der Waals surface area contributed by atoms with Crippen molar-refractivity contribution in [3.8, 4) is 0 Å². The predicted molar refractivity (Wildman–Crippen MR) is 41.7 cm³/mol. The second-order valence-corrected chi connectivity index (χ2v) is 3.62. The fourth-order valence-corrected chi connectivity index (χ4v) is 1.62. The third kappa shape index (κ3) is 2.02. The predicted octanol–water partition coefficient (Wildman–Crippen LogP) is 3.54. The summed E-state index contributed by atoms with van der Waals surface area (Å²) in [5.41, 5.74) is 0.871. The number of alkyl halides is 3. The maximum Gasteiger partial charge on any atom is 0.392 e. The third-order valence-corrected chi connectivity index (χ3v) is 2.49. The van der Waals surface area contributed by atoms with E-state index in [9.17, 15) is 13.2 Å². The highest BCUT2D eigenvalue weighted by molar-refractivity contribution is 5.06. The molecule has 1 rings (SSSR count). The van der Waals surface area contributed by atoms with Crippen molar-refractivity contribution in [3.63, 3.8) is 0 Å². The minimum atomic E-state index is -4.02. The minimum absolute atomic E-state index is 0.185. The normalized spacial score (nSPS) is 31.6. The highest BCUT2D eigenvalue weighted by Gasteiger charge is 2.43. The Morgan fingerprint density at radius 1 is 1.42 bits per heavy atom. The van der Waals surface area contributed by atoms with Gasteiger partial charge in [-0.25, -0.2) is 0 Å². The number of halogens is 3. The van der Waals surface area contributed by atoms with Gasteiger partial charge in [0.05, 0.1) is 5.92 Å². The van der Waals surface area contributed by atoms with Gasteiger partial charge < -0.3 is 0 Å². The van der Waals surface area contributed by atoms with Gasteiger partial charge in [-0.05, 0) is 25.7 Å². The standard InChI is InChI=1S/C9H13F3/c1-6-3-4-7(2)8(5-6)9(10,11)12/h3,7-8H,4-5H2,1-2H3. The number of hydrogen-bond donors (Lipinski definition) is 0. The van der Waals surface area contributed by atoms with Crippen molar-refractivity contribution in [1.29, 1.82) is 0 Å². The number of hydrogen-bond acceptors (Lipinski definition) is 0. The molecule has 0 saturated carbocycles. The van der Waals surface area contributed by atoms with Crippen LogP contribution in [0.4, 0.5) is 13.2 Å². The maximum atomic E-state index is 12.3. The third-order valence-electron chi connectivity index (χ3n) is 2.49. The van der Waals surface area contributed by atoms with Crippen LogP contribution >= 0.6 is 0 Å². The first kappa shape index (κ1) is 9.62. The van der Waals surface area contributed by atoms with Crippen LogP contribution in [0.2, 0.25) is 0 Å². The van der Waals surface area contributed by atoms with E-state index in [0.29, 0.717) is 6.42 Å². The van der Waals surface area contributed by atoms with E-state index in [2.05, 4.69) is 0 Å². The molecular weight excluding hydrogens is 165 g/mol.